The van der Waals surface area contributed by atoms with Gasteiger partial charge in [-0.15, -0.1) is 0 Å². The second-order valence-corrected chi connectivity index (χ2v) is 7.43. The normalized spacial score (nSPS) is 30.2. The van der Waals surface area contributed by atoms with Crippen molar-refractivity contribution in [3.05, 3.63) is 24.2 Å². The number of rotatable bonds is 4. The van der Waals surface area contributed by atoms with Gasteiger partial charge in [-0.05, 0) is 57.1 Å². The van der Waals surface area contributed by atoms with E-state index in [0.29, 0.717) is 5.91 Å². The maximum atomic E-state index is 12.4. The summed E-state index contributed by atoms with van der Waals surface area (Å²) >= 11 is 0. The molecule has 3 heterocycles. The van der Waals surface area contributed by atoms with E-state index in [1.54, 1.807) is 6.26 Å². The van der Waals surface area contributed by atoms with Crippen molar-refractivity contribution in [3.8, 4) is 0 Å². The van der Waals surface area contributed by atoms with Crippen molar-refractivity contribution in [2.45, 2.75) is 57.0 Å². The van der Waals surface area contributed by atoms with Crippen LogP contribution in [0.15, 0.2) is 23.0 Å². The highest BCUT2D eigenvalue weighted by atomic mass is 16.3. The number of amides is 1. The summed E-state index contributed by atoms with van der Waals surface area (Å²) in [6, 6.07) is 2.05. The van der Waals surface area contributed by atoms with Gasteiger partial charge in [-0.1, -0.05) is 0 Å². The van der Waals surface area contributed by atoms with Gasteiger partial charge in [0.2, 0.25) is 5.91 Å². The Hall–Kier alpha value is -1.29. The average molecular weight is 302 g/mol. The quantitative estimate of drug-likeness (QED) is 0.858. The fourth-order valence-corrected chi connectivity index (χ4v) is 4.28. The van der Waals surface area contributed by atoms with Crippen LogP contribution >= 0.6 is 0 Å². The van der Waals surface area contributed by atoms with Crippen molar-refractivity contribution < 1.29 is 9.21 Å². The minimum atomic E-state index is 0.171. The Morgan fingerprint density at radius 3 is 2.91 bits per heavy atom. The summed E-state index contributed by atoms with van der Waals surface area (Å²) in [5, 5.41) is 0. The summed E-state index contributed by atoms with van der Waals surface area (Å²) in [7, 11) is 0. The fourth-order valence-electron chi connectivity index (χ4n) is 4.28. The molecule has 22 heavy (non-hydrogen) atoms. The SMILES string of the molecule is O=C1CCC2(CCCN(Cc3ccoc3)CC2)N1CC1CC1. The Kier molecular flexibility index (Phi) is 3.73. The van der Waals surface area contributed by atoms with Gasteiger partial charge in [0, 0.05) is 37.2 Å². The van der Waals surface area contributed by atoms with Crippen molar-refractivity contribution in [2.75, 3.05) is 19.6 Å². The second-order valence-electron chi connectivity index (χ2n) is 7.43. The molecule has 3 fully saturated rings. The first kappa shape index (κ1) is 14.3. The molecule has 2 saturated heterocycles. The van der Waals surface area contributed by atoms with E-state index in [2.05, 4.69) is 15.9 Å². The van der Waals surface area contributed by atoms with E-state index in [4.69, 9.17) is 4.42 Å². The second kappa shape index (κ2) is 5.73. The molecule has 0 N–H and O–H groups in total. The molecule has 3 aliphatic rings. The van der Waals surface area contributed by atoms with Gasteiger partial charge in [0.05, 0.1) is 12.5 Å². The van der Waals surface area contributed by atoms with E-state index >= 15 is 0 Å². The van der Waals surface area contributed by atoms with E-state index < -0.39 is 0 Å². The van der Waals surface area contributed by atoms with Crippen LogP contribution < -0.4 is 0 Å². The van der Waals surface area contributed by atoms with Crippen LogP contribution in [0.25, 0.3) is 0 Å². The van der Waals surface area contributed by atoms with Crippen LogP contribution in [0.3, 0.4) is 0 Å². The lowest BCUT2D eigenvalue weighted by Gasteiger charge is -2.38. The van der Waals surface area contributed by atoms with Gasteiger partial charge in [0.15, 0.2) is 0 Å². The zero-order valence-corrected chi connectivity index (χ0v) is 13.3. The number of carbonyl (C=O) groups excluding carboxylic acids is 1. The maximum absolute atomic E-state index is 12.4. The molecule has 1 aliphatic carbocycles. The van der Waals surface area contributed by atoms with E-state index in [-0.39, 0.29) is 5.54 Å². The predicted octanol–water partition coefficient (Wildman–Crippen LogP) is 3.04. The van der Waals surface area contributed by atoms with Crippen molar-refractivity contribution in [2.24, 2.45) is 5.92 Å². The lowest BCUT2D eigenvalue weighted by molar-refractivity contribution is -0.131. The highest BCUT2D eigenvalue weighted by molar-refractivity contribution is 5.79. The largest absolute Gasteiger partial charge is 0.472 e. The van der Waals surface area contributed by atoms with E-state index in [1.165, 1.54) is 31.2 Å². The smallest absolute Gasteiger partial charge is 0.223 e. The van der Waals surface area contributed by atoms with Gasteiger partial charge >= 0.3 is 0 Å². The van der Waals surface area contributed by atoms with Gasteiger partial charge in [0.25, 0.3) is 0 Å². The Morgan fingerprint density at radius 1 is 1.23 bits per heavy atom. The van der Waals surface area contributed by atoms with Crippen molar-refractivity contribution in [3.63, 3.8) is 0 Å². The number of nitrogens with zero attached hydrogens (tertiary/aromatic N) is 2. The van der Waals surface area contributed by atoms with Gasteiger partial charge < -0.3 is 9.32 Å². The van der Waals surface area contributed by atoms with Gasteiger partial charge in [-0.2, -0.15) is 0 Å². The summed E-state index contributed by atoms with van der Waals surface area (Å²) in [4.78, 5) is 17.2. The van der Waals surface area contributed by atoms with E-state index in [9.17, 15) is 4.79 Å². The molecule has 4 rings (SSSR count). The standard InChI is InChI=1S/C18H26N2O2/c21-17-4-7-18(20(17)13-15-2-3-15)6-1-9-19(10-8-18)12-16-5-11-22-14-16/h5,11,14-15H,1-4,6-10,12-13H2. The topological polar surface area (TPSA) is 36.7 Å². The first-order valence-electron chi connectivity index (χ1n) is 8.79. The molecule has 0 bridgehead atoms. The third-order valence-corrected chi connectivity index (χ3v) is 5.81. The number of hydrogen-bond donors (Lipinski definition) is 0. The molecule has 0 aromatic carbocycles. The van der Waals surface area contributed by atoms with Crippen molar-refractivity contribution in [1.29, 1.82) is 0 Å². The molecule has 1 spiro atoms. The molecule has 2 aliphatic heterocycles. The van der Waals surface area contributed by atoms with Crippen LogP contribution in [-0.2, 0) is 11.3 Å². The number of furan rings is 1. The first-order valence-corrected chi connectivity index (χ1v) is 8.79. The molecule has 0 radical (unpaired) electrons. The summed E-state index contributed by atoms with van der Waals surface area (Å²) in [5.41, 5.74) is 1.43. The molecule has 4 heteroatoms. The molecule has 1 aromatic rings. The van der Waals surface area contributed by atoms with Crippen molar-refractivity contribution >= 4 is 5.91 Å². The van der Waals surface area contributed by atoms with Gasteiger partial charge in [-0.25, -0.2) is 0 Å². The van der Waals surface area contributed by atoms with Crippen LogP contribution in [0.2, 0.25) is 0 Å². The van der Waals surface area contributed by atoms with Crippen LogP contribution in [-0.4, -0.2) is 40.9 Å². The van der Waals surface area contributed by atoms with Crippen molar-refractivity contribution in [1.82, 2.24) is 9.80 Å². The molecule has 1 atom stereocenters. The molecular formula is C18H26N2O2. The molecule has 1 amide bonds. The van der Waals surface area contributed by atoms with Crippen LogP contribution in [0, 0.1) is 5.92 Å². The highest BCUT2D eigenvalue weighted by Crippen LogP contribution is 2.42. The minimum absolute atomic E-state index is 0.171. The third-order valence-electron chi connectivity index (χ3n) is 5.81. The van der Waals surface area contributed by atoms with Gasteiger partial charge in [-0.3, -0.25) is 9.69 Å². The van der Waals surface area contributed by atoms with Crippen LogP contribution in [0.4, 0.5) is 0 Å². The summed E-state index contributed by atoms with van der Waals surface area (Å²) in [6.07, 6.45) is 11.6. The Balaban J connectivity index is 1.43. The Bertz CT molecular complexity index is 523. The third kappa shape index (κ3) is 2.81. The van der Waals surface area contributed by atoms with Gasteiger partial charge in [0.1, 0.15) is 0 Å². The lowest BCUT2D eigenvalue weighted by Crippen LogP contribution is -2.47. The summed E-state index contributed by atoms with van der Waals surface area (Å²) in [5.74, 6) is 1.21. The number of likely N-dealkylation sites (tertiary alicyclic amines) is 2. The monoisotopic (exact) mass is 302 g/mol. The molecular weight excluding hydrogens is 276 g/mol. The minimum Gasteiger partial charge on any atom is -0.472 e. The molecule has 120 valence electrons. The van der Waals surface area contributed by atoms with E-state index in [1.807, 2.05) is 6.26 Å². The fraction of sp³-hybridized carbons (Fsp3) is 0.722. The van der Waals surface area contributed by atoms with Crippen LogP contribution in [0.5, 0.6) is 0 Å². The highest BCUT2D eigenvalue weighted by Gasteiger charge is 2.47. The molecule has 1 saturated carbocycles. The maximum Gasteiger partial charge on any atom is 0.223 e. The summed E-state index contributed by atoms with van der Waals surface area (Å²) < 4.78 is 5.18. The van der Waals surface area contributed by atoms with E-state index in [0.717, 1.165) is 51.4 Å². The zero-order chi connectivity index (χ0) is 15.0. The summed E-state index contributed by atoms with van der Waals surface area (Å²) in [6.45, 7) is 4.24. The Morgan fingerprint density at radius 2 is 2.14 bits per heavy atom. The zero-order valence-electron chi connectivity index (χ0n) is 13.3. The average Bonchev–Trinajstić information content (AvgIpc) is 3.16. The molecule has 1 unspecified atom stereocenters. The Labute approximate surface area is 132 Å². The lowest BCUT2D eigenvalue weighted by atomic mass is 9.87. The number of hydrogen-bond acceptors (Lipinski definition) is 3. The van der Waals surface area contributed by atoms with Crippen LogP contribution in [0.1, 0.15) is 50.5 Å². The predicted molar refractivity (Wildman–Crippen MR) is 84.2 cm³/mol. The number of carbonyl (C=O) groups is 1. The molecule has 1 aromatic heterocycles. The first-order chi connectivity index (χ1) is 10.8. The molecule has 4 nitrogen and oxygen atoms in total.